The Morgan fingerprint density at radius 1 is 1.22 bits per heavy atom. The third-order valence-electron chi connectivity index (χ3n) is 3.95. The molecule has 0 amide bonds. The predicted octanol–water partition coefficient (Wildman–Crippen LogP) is 2.16. The first-order chi connectivity index (χ1) is 8.83. The minimum absolute atomic E-state index is 0.0908. The SMILES string of the molecule is CCCCCCC1(C2COCCO2)OC1COC. The van der Waals surface area contributed by atoms with Crippen molar-refractivity contribution >= 4 is 0 Å². The zero-order valence-corrected chi connectivity index (χ0v) is 11.7. The van der Waals surface area contributed by atoms with Gasteiger partial charge in [-0.15, -0.1) is 0 Å². The van der Waals surface area contributed by atoms with Crippen LogP contribution in [0.2, 0.25) is 0 Å². The Labute approximate surface area is 110 Å². The lowest BCUT2D eigenvalue weighted by molar-refractivity contribution is -0.119. The third kappa shape index (κ3) is 3.23. The maximum absolute atomic E-state index is 5.93. The molecule has 0 saturated carbocycles. The molecule has 2 fully saturated rings. The molecule has 0 aromatic carbocycles. The molecule has 106 valence electrons. The van der Waals surface area contributed by atoms with Gasteiger partial charge in [-0.2, -0.15) is 0 Å². The second-order valence-electron chi connectivity index (χ2n) is 5.26. The molecular formula is C14H26O4. The fourth-order valence-electron chi connectivity index (χ4n) is 2.82. The topological polar surface area (TPSA) is 40.2 Å². The molecule has 18 heavy (non-hydrogen) atoms. The van der Waals surface area contributed by atoms with Crippen molar-refractivity contribution < 1.29 is 18.9 Å². The van der Waals surface area contributed by atoms with Crippen LogP contribution < -0.4 is 0 Å². The molecule has 0 aromatic rings. The van der Waals surface area contributed by atoms with Crippen molar-refractivity contribution in [2.75, 3.05) is 33.5 Å². The quantitative estimate of drug-likeness (QED) is 0.494. The van der Waals surface area contributed by atoms with E-state index in [2.05, 4.69) is 6.92 Å². The van der Waals surface area contributed by atoms with Gasteiger partial charge in [-0.3, -0.25) is 0 Å². The normalized spacial score (nSPS) is 35.7. The van der Waals surface area contributed by atoms with Crippen molar-refractivity contribution in [3.63, 3.8) is 0 Å². The summed E-state index contributed by atoms with van der Waals surface area (Å²) in [6.45, 7) is 4.94. The Morgan fingerprint density at radius 3 is 2.78 bits per heavy atom. The first-order valence-corrected chi connectivity index (χ1v) is 7.19. The maximum atomic E-state index is 5.93. The van der Waals surface area contributed by atoms with Crippen LogP contribution in [0.15, 0.2) is 0 Å². The largest absolute Gasteiger partial charge is 0.382 e. The van der Waals surface area contributed by atoms with E-state index < -0.39 is 0 Å². The average molecular weight is 258 g/mol. The molecule has 0 N–H and O–H groups in total. The van der Waals surface area contributed by atoms with Crippen molar-refractivity contribution in [3.05, 3.63) is 0 Å². The minimum atomic E-state index is -0.135. The predicted molar refractivity (Wildman–Crippen MR) is 68.8 cm³/mol. The molecule has 2 rings (SSSR count). The highest BCUT2D eigenvalue weighted by molar-refractivity contribution is 5.08. The maximum Gasteiger partial charge on any atom is 0.125 e. The molecule has 2 heterocycles. The minimum Gasteiger partial charge on any atom is -0.382 e. The summed E-state index contributed by atoms with van der Waals surface area (Å²) in [5, 5.41) is 0. The monoisotopic (exact) mass is 258 g/mol. The van der Waals surface area contributed by atoms with E-state index in [4.69, 9.17) is 18.9 Å². The number of hydrogen-bond donors (Lipinski definition) is 0. The van der Waals surface area contributed by atoms with Crippen molar-refractivity contribution in [3.8, 4) is 0 Å². The van der Waals surface area contributed by atoms with Crippen LogP contribution in [0.1, 0.15) is 39.0 Å². The molecular weight excluding hydrogens is 232 g/mol. The summed E-state index contributed by atoms with van der Waals surface area (Å²) < 4.78 is 22.5. The molecule has 0 bridgehead atoms. The fourth-order valence-corrected chi connectivity index (χ4v) is 2.82. The van der Waals surface area contributed by atoms with Crippen LogP contribution in [0, 0.1) is 0 Å². The molecule has 2 aliphatic rings. The lowest BCUT2D eigenvalue weighted by atomic mass is 9.91. The molecule has 0 aliphatic carbocycles. The smallest absolute Gasteiger partial charge is 0.125 e. The molecule has 0 spiro atoms. The van der Waals surface area contributed by atoms with Gasteiger partial charge in [0.05, 0.1) is 26.4 Å². The van der Waals surface area contributed by atoms with Gasteiger partial charge in [0, 0.05) is 7.11 Å². The standard InChI is InChI=1S/C14H26O4/c1-3-4-5-6-7-14(13(18-14)10-15-2)12-11-16-8-9-17-12/h12-13H,3-11H2,1-2H3. The van der Waals surface area contributed by atoms with Gasteiger partial charge in [-0.05, 0) is 6.42 Å². The first-order valence-electron chi connectivity index (χ1n) is 7.19. The lowest BCUT2D eigenvalue weighted by Crippen LogP contribution is -2.43. The van der Waals surface area contributed by atoms with Crippen molar-refractivity contribution in [2.45, 2.75) is 56.8 Å². The third-order valence-corrected chi connectivity index (χ3v) is 3.95. The Hall–Kier alpha value is -0.160. The van der Waals surface area contributed by atoms with Crippen LogP contribution in [0.4, 0.5) is 0 Å². The van der Waals surface area contributed by atoms with Gasteiger partial charge in [-0.25, -0.2) is 0 Å². The molecule has 3 unspecified atom stereocenters. The summed E-state index contributed by atoms with van der Waals surface area (Å²) in [5.41, 5.74) is -0.135. The van der Waals surface area contributed by atoms with Crippen LogP contribution in [-0.2, 0) is 18.9 Å². The molecule has 4 heteroatoms. The van der Waals surface area contributed by atoms with Crippen molar-refractivity contribution in [1.82, 2.24) is 0 Å². The highest BCUT2D eigenvalue weighted by Gasteiger charge is 2.61. The van der Waals surface area contributed by atoms with Gasteiger partial charge >= 0.3 is 0 Å². The van der Waals surface area contributed by atoms with E-state index in [-0.39, 0.29) is 17.8 Å². The Morgan fingerprint density at radius 2 is 2.11 bits per heavy atom. The Balaban J connectivity index is 1.83. The summed E-state index contributed by atoms with van der Waals surface area (Å²) >= 11 is 0. The van der Waals surface area contributed by atoms with E-state index in [1.165, 1.54) is 25.7 Å². The van der Waals surface area contributed by atoms with Crippen LogP contribution in [0.3, 0.4) is 0 Å². The van der Waals surface area contributed by atoms with Gasteiger partial charge in [0.15, 0.2) is 0 Å². The highest BCUT2D eigenvalue weighted by Crippen LogP contribution is 2.46. The number of unbranched alkanes of at least 4 members (excludes halogenated alkanes) is 3. The highest BCUT2D eigenvalue weighted by atomic mass is 16.7. The number of epoxide rings is 1. The zero-order valence-electron chi connectivity index (χ0n) is 11.7. The van der Waals surface area contributed by atoms with Crippen molar-refractivity contribution in [2.24, 2.45) is 0 Å². The fraction of sp³-hybridized carbons (Fsp3) is 1.00. The second kappa shape index (κ2) is 6.85. The average Bonchev–Trinajstić information content (AvgIpc) is 3.11. The summed E-state index contributed by atoms with van der Waals surface area (Å²) in [6, 6.07) is 0. The van der Waals surface area contributed by atoms with Crippen LogP contribution in [0.5, 0.6) is 0 Å². The van der Waals surface area contributed by atoms with Gasteiger partial charge in [0.2, 0.25) is 0 Å². The van der Waals surface area contributed by atoms with Crippen LogP contribution in [0.25, 0.3) is 0 Å². The second-order valence-corrected chi connectivity index (χ2v) is 5.26. The number of rotatable bonds is 8. The molecule has 0 radical (unpaired) electrons. The van der Waals surface area contributed by atoms with Crippen LogP contribution >= 0.6 is 0 Å². The zero-order chi connectivity index (χ0) is 12.8. The van der Waals surface area contributed by atoms with E-state index in [9.17, 15) is 0 Å². The van der Waals surface area contributed by atoms with E-state index in [1.54, 1.807) is 7.11 Å². The van der Waals surface area contributed by atoms with Gasteiger partial charge in [0.1, 0.15) is 17.8 Å². The van der Waals surface area contributed by atoms with Gasteiger partial charge < -0.3 is 18.9 Å². The first kappa shape index (κ1) is 14.3. The Kier molecular flexibility index (Phi) is 5.42. The molecule has 4 nitrogen and oxygen atoms in total. The van der Waals surface area contributed by atoms with Crippen molar-refractivity contribution in [1.29, 1.82) is 0 Å². The van der Waals surface area contributed by atoms with E-state index in [0.29, 0.717) is 26.4 Å². The number of hydrogen-bond acceptors (Lipinski definition) is 4. The number of ether oxygens (including phenoxy) is 4. The van der Waals surface area contributed by atoms with Gasteiger partial charge in [-0.1, -0.05) is 32.6 Å². The molecule has 0 aromatic heterocycles. The van der Waals surface area contributed by atoms with Crippen LogP contribution in [-0.4, -0.2) is 51.3 Å². The molecule has 2 saturated heterocycles. The number of methoxy groups -OCH3 is 1. The summed E-state index contributed by atoms with van der Waals surface area (Å²) in [7, 11) is 1.72. The summed E-state index contributed by atoms with van der Waals surface area (Å²) in [5.74, 6) is 0. The summed E-state index contributed by atoms with van der Waals surface area (Å²) in [6.07, 6.45) is 6.38. The van der Waals surface area contributed by atoms with Gasteiger partial charge in [0.25, 0.3) is 0 Å². The molecule has 2 aliphatic heterocycles. The lowest BCUT2D eigenvalue weighted by Gasteiger charge is -2.29. The Bertz CT molecular complexity index is 240. The summed E-state index contributed by atoms with van der Waals surface area (Å²) in [4.78, 5) is 0. The van der Waals surface area contributed by atoms with E-state index in [1.807, 2.05) is 0 Å². The van der Waals surface area contributed by atoms with E-state index in [0.717, 1.165) is 6.42 Å². The van der Waals surface area contributed by atoms with E-state index >= 15 is 0 Å². The molecule has 3 atom stereocenters.